The van der Waals surface area contributed by atoms with E-state index >= 15 is 0 Å². The van der Waals surface area contributed by atoms with Gasteiger partial charge in [-0.1, -0.05) is 17.7 Å². The zero-order valence-electron chi connectivity index (χ0n) is 7.53. The largest absolute Gasteiger partial charge is 0.497 e. The molecule has 0 radical (unpaired) electrons. The highest BCUT2D eigenvalue weighted by molar-refractivity contribution is 6.31. The van der Waals surface area contributed by atoms with E-state index in [1.54, 1.807) is 12.1 Å². The van der Waals surface area contributed by atoms with Crippen LogP contribution in [-0.2, 0) is 4.79 Å². The molecule has 0 amide bonds. The maximum atomic E-state index is 10.6. The predicted octanol–water partition coefficient (Wildman–Crippen LogP) is 1.43. The van der Waals surface area contributed by atoms with Crippen LogP contribution >= 0.6 is 11.6 Å². The summed E-state index contributed by atoms with van der Waals surface area (Å²) >= 11 is 5.82. The Hall–Kier alpha value is -1.26. The van der Waals surface area contributed by atoms with Gasteiger partial charge in [0.2, 0.25) is 0 Å². The third-order valence-corrected chi connectivity index (χ3v) is 2.14. The van der Waals surface area contributed by atoms with E-state index in [2.05, 4.69) is 0 Å². The number of halogens is 1. The van der Waals surface area contributed by atoms with E-state index in [9.17, 15) is 4.79 Å². The number of nitrogens with two attached hydrogens (primary N) is 1. The second kappa shape index (κ2) is 4.30. The molecule has 0 aromatic heterocycles. The van der Waals surface area contributed by atoms with Gasteiger partial charge in [-0.3, -0.25) is 4.79 Å². The maximum Gasteiger partial charge on any atom is 0.325 e. The molecule has 0 bridgehead atoms. The smallest absolute Gasteiger partial charge is 0.325 e. The van der Waals surface area contributed by atoms with Crippen LogP contribution in [0.5, 0.6) is 5.75 Å². The van der Waals surface area contributed by atoms with Crippen molar-refractivity contribution in [2.45, 2.75) is 6.04 Å². The molecular formula is C9H10ClNO3. The zero-order chi connectivity index (χ0) is 10.7. The van der Waals surface area contributed by atoms with E-state index in [1.165, 1.54) is 13.2 Å². The third kappa shape index (κ3) is 2.16. The van der Waals surface area contributed by atoms with Gasteiger partial charge < -0.3 is 15.6 Å². The van der Waals surface area contributed by atoms with E-state index in [0.29, 0.717) is 16.3 Å². The van der Waals surface area contributed by atoms with Crippen LogP contribution in [-0.4, -0.2) is 18.2 Å². The van der Waals surface area contributed by atoms with Crippen LogP contribution in [0.4, 0.5) is 0 Å². The van der Waals surface area contributed by atoms with Crippen LogP contribution in [0.2, 0.25) is 5.02 Å². The number of carboxylic acid groups (broad SMARTS) is 1. The monoisotopic (exact) mass is 215 g/mol. The van der Waals surface area contributed by atoms with E-state index in [0.717, 1.165) is 0 Å². The van der Waals surface area contributed by atoms with Crippen molar-refractivity contribution in [3.05, 3.63) is 28.8 Å². The Morgan fingerprint density at radius 2 is 2.29 bits per heavy atom. The number of benzene rings is 1. The van der Waals surface area contributed by atoms with E-state index in [-0.39, 0.29) is 0 Å². The Bertz CT molecular complexity index is 354. The first-order valence-electron chi connectivity index (χ1n) is 3.88. The maximum absolute atomic E-state index is 10.6. The average molecular weight is 216 g/mol. The molecule has 0 heterocycles. The minimum absolute atomic E-state index is 0.291. The minimum atomic E-state index is -1.11. The van der Waals surface area contributed by atoms with Gasteiger partial charge in [0, 0.05) is 5.02 Å². The number of carbonyl (C=O) groups is 1. The Labute approximate surface area is 86.2 Å². The minimum Gasteiger partial charge on any atom is -0.497 e. The molecule has 0 saturated heterocycles. The lowest BCUT2D eigenvalue weighted by atomic mass is 10.1. The van der Waals surface area contributed by atoms with Gasteiger partial charge in [0.15, 0.2) is 0 Å². The van der Waals surface area contributed by atoms with Crippen LogP contribution in [0, 0.1) is 0 Å². The highest BCUT2D eigenvalue weighted by atomic mass is 35.5. The molecule has 3 N–H and O–H groups in total. The lowest BCUT2D eigenvalue weighted by molar-refractivity contribution is -0.138. The third-order valence-electron chi connectivity index (χ3n) is 1.81. The van der Waals surface area contributed by atoms with E-state index in [1.807, 2.05) is 0 Å². The number of rotatable bonds is 3. The van der Waals surface area contributed by atoms with Crippen LogP contribution in [0.1, 0.15) is 11.6 Å². The van der Waals surface area contributed by atoms with Crippen molar-refractivity contribution in [2.24, 2.45) is 5.73 Å². The van der Waals surface area contributed by atoms with Crippen molar-refractivity contribution in [2.75, 3.05) is 7.11 Å². The Morgan fingerprint density at radius 1 is 1.64 bits per heavy atom. The van der Waals surface area contributed by atoms with Crippen molar-refractivity contribution in [3.63, 3.8) is 0 Å². The molecule has 76 valence electrons. The fourth-order valence-electron chi connectivity index (χ4n) is 1.02. The second-order valence-corrected chi connectivity index (χ2v) is 3.11. The molecule has 1 atom stereocenters. The summed E-state index contributed by atoms with van der Waals surface area (Å²) in [6.07, 6.45) is 0. The molecule has 0 aliphatic carbocycles. The highest BCUT2D eigenvalue weighted by Crippen LogP contribution is 2.26. The molecule has 0 aliphatic rings. The van der Waals surface area contributed by atoms with Crippen LogP contribution in [0.15, 0.2) is 18.2 Å². The predicted molar refractivity (Wildman–Crippen MR) is 52.6 cm³/mol. The van der Waals surface area contributed by atoms with Gasteiger partial charge in [0.1, 0.15) is 11.8 Å². The molecular weight excluding hydrogens is 206 g/mol. The number of hydrogen-bond acceptors (Lipinski definition) is 3. The first-order valence-corrected chi connectivity index (χ1v) is 4.26. The van der Waals surface area contributed by atoms with Gasteiger partial charge in [-0.25, -0.2) is 0 Å². The Morgan fingerprint density at radius 3 is 2.71 bits per heavy atom. The summed E-state index contributed by atoms with van der Waals surface area (Å²) in [7, 11) is 1.50. The SMILES string of the molecule is COc1ccc([C@@H](N)C(=O)O)c(Cl)c1. The number of methoxy groups -OCH3 is 1. The van der Waals surface area contributed by atoms with Crippen molar-refractivity contribution >= 4 is 17.6 Å². The fraction of sp³-hybridized carbons (Fsp3) is 0.222. The quantitative estimate of drug-likeness (QED) is 0.800. The van der Waals surface area contributed by atoms with Crippen molar-refractivity contribution in [1.29, 1.82) is 0 Å². The first-order chi connectivity index (χ1) is 6.56. The normalized spacial score (nSPS) is 12.2. The van der Waals surface area contributed by atoms with Gasteiger partial charge >= 0.3 is 5.97 Å². The number of aliphatic carboxylic acids is 1. The molecule has 0 saturated carbocycles. The number of carboxylic acids is 1. The van der Waals surface area contributed by atoms with Gasteiger partial charge in [0.05, 0.1) is 7.11 Å². The molecule has 1 rings (SSSR count). The summed E-state index contributed by atoms with van der Waals surface area (Å²) in [6, 6.07) is 3.58. The Balaban J connectivity index is 3.05. The standard InChI is InChI=1S/C9H10ClNO3/c1-14-5-2-3-6(7(10)4-5)8(11)9(12)13/h2-4,8H,11H2,1H3,(H,12,13)/t8-/m1/s1. The molecule has 1 aromatic rings. The van der Waals surface area contributed by atoms with Gasteiger partial charge in [-0.05, 0) is 17.7 Å². The van der Waals surface area contributed by atoms with Crippen molar-refractivity contribution in [3.8, 4) is 5.75 Å². The molecule has 0 aliphatic heterocycles. The van der Waals surface area contributed by atoms with E-state index < -0.39 is 12.0 Å². The zero-order valence-corrected chi connectivity index (χ0v) is 8.28. The second-order valence-electron chi connectivity index (χ2n) is 2.70. The highest BCUT2D eigenvalue weighted by Gasteiger charge is 2.17. The summed E-state index contributed by atoms with van der Waals surface area (Å²) in [4.78, 5) is 10.6. The topological polar surface area (TPSA) is 72.5 Å². The summed E-state index contributed by atoms with van der Waals surface area (Å²) in [5, 5.41) is 8.96. The molecule has 0 unspecified atom stereocenters. The fourth-order valence-corrected chi connectivity index (χ4v) is 1.31. The molecule has 1 aromatic carbocycles. The van der Waals surface area contributed by atoms with Crippen LogP contribution in [0.3, 0.4) is 0 Å². The molecule has 0 fully saturated rings. The lowest BCUT2D eigenvalue weighted by Crippen LogP contribution is -2.20. The molecule has 5 heteroatoms. The van der Waals surface area contributed by atoms with Crippen LogP contribution < -0.4 is 10.5 Å². The number of hydrogen-bond donors (Lipinski definition) is 2. The van der Waals surface area contributed by atoms with Gasteiger partial charge in [0.25, 0.3) is 0 Å². The molecule has 4 nitrogen and oxygen atoms in total. The molecule has 0 spiro atoms. The van der Waals surface area contributed by atoms with Gasteiger partial charge in [-0.15, -0.1) is 0 Å². The summed E-state index contributed by atoms with van der Waals surface area (Å²) in [5.74, 6) is -0.548. The molecule has 14 heavy (non-hydrogen) atoms. The van der Waals surface area contributed by atoms with Crippen LogP contribution in [0.25, 0.3) is 0 Å². The van der Waals surface area contributed by atoms with Crippen molar-refractivity contribution in [1.82, 2.24) is 0 Å². The summed E-state index contributed by atoms with van der Waals surface area (Å²) < 4.78 is 4.92. The van der Waals surface area contributed by atoms with E-state index in [4.69, 9.17) is 27.2 Å². The summed E-state index contributed by atoms with van der Waals surface area (Å²) in [5.41, 5.74) is 5.78. The van der Waals surface area contributed by atoms with Gasteiger partial charge in [-0.2, -0.15) is 0 Å². The Kier molecular flexibility index (Phi) is 3.33. The number of ether oxygens (including phenoxy) is 1. The first kappa shape index (κ1) is 10.8. The lowest BCUT2D eigenvalue weighted by Gasteiger charge is -2.09. The average Bonchev–Trinajstić information content (AvgIpc) is 2.16. The van der Waals surface area contributed by atoms with Crippen molar-refractivity contribution < 1.29 is 14.6 Å². The summed E-state index contributed by atoms with van der Waals surface area (Å²) in [6.45, 7) is 0.